The van der Waals surface area contributed by atoms with Gasteiger partial charge >= 0.3 is 0 Å². The third-order valence-corrected chi connectivity index (χ3v) is 2.45. The van der Waals surface area contributed by atoms with Gasteiger partial charge in [0.05, 0.1) is 6.61 Å². The van der Waals surface area contributed by atoms with Crippen LogP contribution in [-0.2, 0) is 14.4 Å². The molecule has 1 rings (SSSR count). The van der Waals surface area contributed by atoms with Gasteiger partial charge in [-0.15, -0.1) is 0 Å². The van der Waals surface area contributed by atoms with Gasteiger partial charge in [-0.2, -0.15) is 0 Å². The van der Waals surface area contributed by atoms with Crippen molar-refractivity contribution in [2.45, 2.75) is 37.6 Å². The Morgan fingerprint density at radius 2 is 2.28 bits per heavy atom. The summed E-state index contributed by atoms with van der Waals surface area (Å²) in [6, 6.07) is -1.15. The zero-order valence-corrected chi connectivity index (χ0v) is 9.50. The number of aliphatic hydroxyl groups excluding tert-OH is 3. The third-order valence-electron chi connectivity index (χ3n) is 2.45. The smallest absolute Gasteiger partial charge is 0.217 e. The molecule has 18 heavy (non-hydrogen) atoms. The zero-order valence-electron chi connectivity index (χ0n) is 9.50. The first-order valence-electron chi connectivity index (χ1n) is 5.11. The molecular formula is C8H14N4O6. The minimum atomic E-state index is -1.51. The van der Waals surface area contributed by atoms with E-state index in [1.807, 2.05) is 0 Å². The van der Waals surface area contributed by atoms with E-state index in [-0.39, 0.29) is 0 Å². The van der Waals surface area contributed by atoms with Crippen LogP contribution >= 0.6 is 0 Å². The van der Waals surface area contributed by atoms with Gasteiger partial charge in [-0.3, -0.25) is 4.79 Å². The maximum absolute atomic E-state index is 10.9. The highest BCUT2D eigenvalue weighted by atomic mass is 16.7. The second-order valence-electron chi connectivity index (χ2n) is 3.71. The predicted octanol–water partition coefficient (Wildman–Crippen LogP) is -1.83. The molecule has 0 aromatic heterocycles. The van der Waals surface area contributed by atoms with Gasteiger partial charge in [-0.05, 0) is 5.53 Å². The van der Waals surface area contributed by atoms with Gasteiger partial charge < -0.3 is 30.2 Å². The van der Waals surface area contributed by atoms with E-state index in [0.717, 1.165) is 0 Å². The summed E-state index contributed by atoms with van der Waals surface area (Å²) in [7, 11) is 0. The van der Waals surface area contributed by atoms with Crippen molar-refractivity contribution >= 4 is 5.91 Å². The van der Waals surface area contributed by atoms with Crippen LogP contribution in [0.3, 0.4) is 0 Å². The minimum absolute atomic E-state index is 0.494. The number of carbonyl (C=O) groups excluding carboxylic acids is 1. The molecule has 1 heterocycles. The number of rotatable bonds is 4. The summed E-state index contributed by atoms with van der Waals surface area (Å²) in [5, 5.41) is 33.6. The molecule has 0 aliphatic carbocycles. The van der Waals surface area contributed by atoms with E-state index < -0.39 is 43.2 Å². The number of hydrogen-bond donors (Lipinski definition) is 4. The number of nitrogens with zero attached hydrogens (tertiary/aromatic N) is 3. The van der Waals surface area contributed by atoms with Crippen molar-refractivity contribution in [1.29, 1.82) is 0 Å². The maximum Gasteiger partial charge on any atom is 0.217 e. The van der Waals surface area contributed by atoms with E-state index >= 15 is 0 Å². The number of aliphatic hydroxyl groups is 3. The lowest BCUT2D eigenvalue weighted by Gasteiger charge is -2.41. The molecule has 0 aromatic rings. The minimum Gasteiger partial charge on any atom is -0.424 e. The molecule has 0 saturated carbocycles. The Labute approximate surface area is 102 Å². The molecule has 1 aliphatic heterocycles. The summed E-state index contributed by atoms with van der Waals surface area (Å²) < 4.78 is 4.95. The molecule has 0 radical (unpaired) electrons. The van der Waals surface area contributed by atoms with Crippen LogP contribution in [0.1, 0.15) is 6.92 Å². The van der Waals surface area contributed by atoms with Crippen molar-refractivity contribution in [3.05, 3.63) is 10.4 Å². The van der Waals surface area contributed by atoms with Gasteiger partial charge in [0.1, 0.15) is 23.5 Å². The molecule has 0 spiro atoms. The van der Waals surface area contributed by atoms with Crippen LogP contribution in [-0.4, -0.2) is 58.5 Å². The molecule has 1 aliphatic rings. The van der Waals surface area contributed by atoms with Crippen LogP contribution in [0, 0.1) is 0 Å². The summed E-state index contributed by atoms with van der Waals surface area (Å²) >= 11 is 0. The molecule has 1 amide bonds. The summed E-state index contributed by atoms with van der Waals surface area (Å²) in [4.78, 5) is 17.9. The number of hydrogen-bond acceptors (Lipinski definition) is 7. The number of amides is 1. The molecule has 1 saturated heterocycles. The highest BCUT2D eigenvalue weighted by molar-refractivity contribution is 5.73. The predicted molar refractivity (Wildman–Crippen MR) is 55.6 cm³/mol. The Morgan fingerprint density at radius 3 is 2.78 bits per heavy atom. The highest BCUT2D eigenvalue weighted by Gasteiger charge is 2.46. The van der Waals surface area contributed by atoms with E-state index in [1.165, 1.54) is 6.92 Å². The summed E-state index contributed by atoms with van der Waals surface area (Å²) in [6.45, 7) is 0.632. The van der Waals surface area contributed by atoms with Crippen molar-refractivity contribution in [2.75, 3.05) is 6.61 Å². The molecule has 10 heteroatoms. The number of nitrogens with one attached hydrogen (secondary N) is 1. The molecule has 5 atom stereocenters. The van der Waals surface area contributed by atoms with E-state index in [0.29, 0.717) is 0 Å². The Hall–Kier alpha value is -1.58. The van der Waals surface area contributed by atoms with Gasteiger partial charge in [-0.25, -0.2) is 0 Å². The summed E-state index contributed by atoms with van der Waals surface area (Å²) in [6.07, 6.45) is -5.19. The monoisotopic (exact) mass is 262 g/mol. The van der Waals surface area contributed by atoms with Gasteiger partial charge in [0.2, 0.25) is 5.91 Å². The first-order chi connectivity index (χ1) is 8.51. The lowest BCUT2D eigenvalue weighted by atomic mass is 9.97. The molecule has 10 nitrogen and oxygen atoms in total. The summed E-state index contributed by atoms with van der Waals surface area (Å²) in [5.41, 5.74) is 8.13. The van der Waals surface area contributed by atoms with Gasteiger partial charge in [0.15, 0.2) is 12.4 Å². The van der Waals surface area contributed by atoms with Crippen LogP contribution in [0.2, 0.25) is 0 Å². The number of azide groups is 1. The van der Waals surface area contributed by atoms with Crippen molar-refractivity contribution in [3.8, 4) is 0 Å². The van der Waals surface area contributed by atoms with Crippen LogP contribution < -0.4 is 5.32 Å². The van der Waals surface area contributed by atoms with Crippen molar-refractivity contribution < 1.29 is 29.7 Å². The van der Waals surface area contributed by atoms with E-state index in [2.05, 4.69) is 20.3 Å². The Bertz CT molecular complexity index is 346. The molecule has 0 aromatic carbocycles. The molecule has 4 N–H and O–H groups in total. The van der Waals surface area contributed by atoms with Gasteiger partial charge in [0, 0.05) is 11.8 Å². The van der Waals surface area contributed by atoms with Crippen LogP contribution in [0.5, 0.6) is 0 Å². The average molecular weight is 262 g/mol. The third kappa shape index (κ3) is 3.22. The molecule has 1 unspecified atom stereocenters. The first-order valence-corrected chi connectivity index (χ1v) is 5.11. The quantitative estimate of drug-likeness (QED) is 0.202. The highest BCUT2D eigenvalue weighted by Crippen LogP contribution is 2.22. The zero-order chi connectivity index (χ0) is 13.7. The topological polar surface area (TPSA) is 157 Å². The Kier molecular flexibility index (Phi) is 5.13. The molecule has 1 fully saturated rings. The van der Waals surface area contributed by atoms with Crippen molar-refractivity contribution in [1.82, 2.24) is 5.32 Å². The second kappa shape index (κ2) is 6.38. The van der Waals surface area contributed by atoms with E-state index in [1.54, 1.807) is 0 Å². The van der Waals surface area contributed by atoms with Crippen LogP contribution in [0.25, 0.3) is 10.4 Å². The Morgan fingerprint density at radius 1 is 1.61 bits per heavy atom. The van der Waals surface area contributed by atoms with Crippen molar-refractivity contribution in [2.24, 2.45) is 5.28 Å². The van der Waals surface area contributed by atoms with Gasteiger partial charge in [-0.1, -0.05) is 0 Å². The first kappa shape index (κ1) is 14.5. The number of carbonyl (C=O) groups is 1. The second-order valence-corrected chi connectivity index (χ2v) is 3.71. The summed E-state index contributed by atoms with van der Waals surface area (Å²) in [5.74, 6) is -0.494. The molecule has 102 valence electrons. The standard InChI is InChI=1S/C8H14N4O6/c1-3(14)10-5-6(15)7(18-12-11-9)4(2-13)17-8(5)16/h4-8,13,15-16H,2H2,1H3,(H,10,14)/t4-,5+,6-,7-,8?/m1/s1. The average Bonchev–Trinajstić information content (AvgIpc) is 2.32. The molecular weight excluding hydrogens is 248 g/mol. The van der Waals surface area contributed by atoms with Crippen molar-refractivity contribution in [3.63, 3.8) is 0 Å². The van der Waals surface area contributed by atoms with Crippen LogP contribution in [0.4, 0.5) is 0 Å². The lowest BCUT2D eigenvalue weighted by molar-refractivity contribution is -0.263. The lowest BCUT2D eigenvalue weighted by Crippen LogP contribution is -2.64. The van der Waals surface area contributed by atoms with E-state index in [9.17, 15) is 15.0 Å². The van der Waals surface area contributed by atoms with Gasteiger partial charge in [0.25, 0.3) is 0 Å². The largest absolute Gasteiger partial charge is 0.424 e. The maximum atomic E-state index is 10.9. The van der Waals surface area contributed by atoms with Crippen LogP contribution in [0.15, 0.2) is 5.28 Å². The van der Waals surface area contributed by atoms with E-state index in [4.69, 9.17) is 15.4 Å². The Balaban J connectivity index is 2.84. The fourth-order valence-electron chi connectivity index (χ4n) is 1.68. The fourth-order valence-corrected chi connectivity index (χ4v) is 1.68. The molecule has 0 bridgehead atoms. The fraction of sp³-hybridized carbons (Fsp3) is 0.875. The normalized spacial score (nSPS) is 35.4. The SMILES string of the molecule is CC(=O)N[C@@H]1C(O)O[C@H](CO)[C@@H](ON=[N+]=[N-])[C@@H]1O. The number of ether oxygens (including phenoxy) is 1.